The maximum Gasteiger partial charge on any atom is 0.357 e. The molecule has 0 radical (unpaired) electrons. The summed E-state index contributed by atoms with van der Waals surface area (Å²) < 4.78 is 5.03. The van der Waals surface area contributed by atoms with Crippen molar-refractivity contribution in [3.63, 3.8) is 0 Å². The molecule has 2 N–H and O–H groups in total. The number of aromatic amines is 1. The van der Waals surface area contributed by atoms with Gasteiger partial charge in [-0.25, -0.2) is 9.78 Å². The molecule has 0 saturated carbocycles. The highest BCUT2D eigenvalue weighted by molar-refractivity contribution is 7.09. The van der Waals surface area contributed by atoms with Gasteiger partial charge in [-0.1, -0.05) is 11.6 Å². The number of ether oxygens (including phenoxy) is 1. The molecular formula is C25H30N4O4S. The molecule has 0 spiro atoms. The molecule has 3 aromatic rings. The molecule has 0 bridgehead atoms. The highest BCUT2D eigenvalue weighted by atomic mass is 32.1. The molecule has 34 heavy (non-hydrogen) atoms. The third-order valence-corrected chi connectivity index (χ3v) is 7.19. The van der Waals surface area contributed by atoms with Crippen molar-refractivity contribution in [1.82, 2.24) is 20.2 Å². The van der Waals surface area contributed by atoms with Crippen LogP contribution in [0.5, 0.6) is 0 Å². The van der Waals surface area contributed by atoms with Crippen LogP contribution >= 0.6 is 11.3 Å². The molecule has 4 rings (SSSR count). The number of H-pyrrole nitrogens is 1. The van der Waals surface area contributed by atoms with E-state index in [1.54, 1.807) is 12.3 Å². The number of hydrogen-bond donors (Lipinski definition) is 2. The van der Waals surface area contributed by atoms with Crippen molar-refractivity contribution >= 4 is 40.0 Å². The third-order valence-electron chi connectivity index (χ3n) is 6.18. The van der Waals surface area contributed by atoms with Crippen molar-refractivity contribution in [3.05, 3.63) is 51.6 Å². The summed E-state index contributed by atoms with van der Waals surface area (Å²) in [6, 6.07) is 5.55. The van der Waals surface area contributed by atoms with E-state index in [9.17, 15) is 14.4 Å². The number of nitrogens with zero attached hydrogens (tertiary/aromatic N) is 2. The number of carbonyl (C=O) groups excluding carboxylic acids is 3. The highest BCUT2D eigenvalue weighted by Crippen LogP contribution is 2.31. The fourth-order valence-corrected chi connectivity index (χ4v) is 5.43. The number of thiazole rings is 1. The van der Waals surface area contributed by atoms with Gasteiger partial charge in [-0.3, -0.25) is 9.59 Å². The third kappa shape index (κ3) is 5.30. The van der Waals surface area contributed by atoms with Gasteiger partial charge in [0.2, 0.25) is 11.8 Å². The molecule has 1 aromatic carbocycles. The van der Waals surface area contributed by atoms with Gasteiger partial charge in [-0.15, -0.1) is 11.3 Å². The van der Waals surface area contributed by atoms with Crippen molar-refractivity contribution < 1.29 is 19.1 Å². The molecule has 1 atom stereocenters. The van der Waals surface area contributed by atoms with E-state index in [1.165, 1.54) is 18.3 Å². The smallest absolute Gasteiger partial charge is 0.357 e. The number of benzene rings is 1. The first kappa shape index (κ1) is 23.9. The number of rotatable bonds is 7. The minimum Gasteiger partial charge on any atom is -0.461 e. The van der Waals surface area contributed by atoms with E-state index in [4.69, 9.17) is 4.74 Å². The van der Waals surface area contributed by atoms with Gasteiger partial charge < -0.3 is 19.9 Å². The van der Waals surface area contributed by atoms with Gasteiger partial charge in [-0.2, -0.15) is 0 Å². The number of aryl methyl sites for hydroxylation is 1. The standard InChI is InChI=1S/C25H30N4O4S/c1-4-33-25(32)22-14-34-23(28-22)17-7-9-29(10-8-17)24(31)21(27-16(3)30)12-18-13-26-20-6-5-15(2)11-19(18)20/h5-6,11,13-14,17,21,26H,4,7-10,12H2,1-3H3,(H,27,30). The molecule has 1 aliphatic heterocycles. The topological polar surface area (TPSA) is 104 Å². The lowest BCUT2D eigenvalue weighted by molar-refractivity contribution is -0.137. The Bertz CT molecular complexity index is 1190. The van der Waals surface area contributed by atoms with Crippen LogP contribution in [0.15, 0.2) is 29.8 Å². The number of esters is 1. The second-order valence-corrected chi connectivity index (χ2v) is 9.60. The molecular weight excluding hydrogens is 452 g/mol. The molecule has 2 amide bonds. The Hall–Kier alpha value is -3.20. The molecule has 2 aromatic heterocycles. The fourth-order valence-electron chi connectivity index (χ4n) is 4.47. The van der Waals surface area contributed by atoms with E-state index in [2.05, 4.69) is 21.4 Å². The van der Waals surface area contributed by atoms with Crippen molar-refractivity contribution in [2.24, 2.45) is 0 Å². The zero-order valence-electron chi connectivity index (χ0n) is 19.7. The predicted molar refractivity (Wildman–Crippen MR) is 131 cm³/mol. The van der Waals surface area contributed by atoms with Crippen molar-refractivity contribution in [3.8, 4) is 0 Å². The van der Waals surface area contributed by atoms with E-state index in [0.29, 0.717) is 31.8 Å². The molecule has 180 valence electrons. The average molecular weight is 483 g/mol. The number of aromatic nitrogens is 2. The Labute approximate surface area is 202 Å². The molecule has 1 aliphatic rings. The maximum atomic E-state index is 13.4. The van der Waals surface area contributed by atoms with Gasteiger partial charge in [0.25, 0.3) is 0 Å². The summed E-state index contributed by atoms with van der Waals surface area (Å²) in [5.41, 5.74) is 3.52. The fraction of sp³-hybridized carbons (Fsp3) is 0.440. The van der Waals surface area contributed by atoms with Crippen LogP contribution in [0.25, 0.3) is 10.9 Å². The average Bonchev–Trinajstić information content (AvgIpc) is 3.46. The number of piperidine rings is 1. The lowest BCUT2D eigenvalue weighted by atomic mass is 9.96. The molecule has 1 unspecified atom stereocenters. The molecule has 1 fully saturated rings. The van der Waals surface area contributed by atoms with Crippen molar-refractivity contribution in [2.75, 3.05) is 19.7 Å². The molecule has 8 nitrogen and oxygen atoms in total. The summed E-state index contributed by atoms with van der Waals surface area (Å²) in [7, 11) is 0. The summed E-state index contributed by atoms with van der Waals surface area (Å²) in [4.78, 5) is 46.8. The lowest BCUT2D eigenvalue weighted by Gasteiger charge is -2.33. The van der Waals surface area contributed by atoms with Gasteiger partial charge in [0.05, 0.1) is 11.6 Å². The minimum absolute atomic E-state index is 0.0676. The minimum atomic E-state index is -0.621. The SMILES string of the molecule is CCOC(=O)c1csc(C2CCN(C(=O)C(Cc3c[nH]c4ccc(C)cc34)NC(C)=O)CC2)n1. The van der Waals surface area contributed by atoms with Crippen LogP contribution in [0.4, 0.5) is 0 Å². The Morgan fingerprint density at radius 2 is 2.06 bits per heavy atom. The summed E-state index contributed by atoms with van der Waals surface area (Å²) in [6.45, 7) is 6.73. The Morgan fingerprint density at radius 3 is 2.76 bits per heavy atom. The number of carbonyl (C=O) groups is 3. The molecule has 1 saturated heterocycles. The summed E-state index contributed by atoms with van der Waals surface area (Å²) >= 11 is 1.46. The zero-order valence-corrected chi connectivity index (χ0v) is 20.5. The van der Waals surface area contributed by atoms with Crippen LogP contribution in [0.1, 0.15) is 59.2 Å². The number of hydrogen-bond acceptors (Lipinski definition) is 6. The van der Waals surface area contributed by atoms with E-state index < -0.39 is 12.0 Å². The molecule has 9 heteroatoms. The number of nitrogens with one attached hydrogen (secondary N) is 2. The number of fused-ring (bicyclic) bond motifs is 1. The highest BCUT2D eigenvalue weighted by Gasteiger charge is 2.31. The first-order valence-electron chi connectivity index (χ1n) is 11.6. The summed E-state index contributed by atoms with van der Waals surface area (Å²) in [5.74, 6) is -0.489. The first-order valence-corrected chi connectivity index (χ1v) is 12.5. The Kier molecular flexibility index (Phi) is 7.31. The Morgan fingerprint density at radius 1 is 1.29 bits per heavy atom. The van der Waals surface area contributed by atoms with Crippen molar-refractivity contribution in [2.45, 2.75) is 52.0 Å². The lowest BCUT2D eigenvalue weighted by Crippen LogP contribution is -2.51. The first-order chi connectivity index (χ1) is 16.4. The van der Waals surface area contributed by atoms with Crippen LogP contribution in [0.2, 0.25) is 0 Å². The van der Waals surface area contributed by atoms with Gasteiger partial charge in [0, 0.05) is 54.8 Å². The quantitative estimate of drug-likeness (QED) is 0.501. The van der Waals surface area contributed by atoms with E-state index >= 15 is 0 Å². The second kappa shape index (κ2) is 10.4. The monoisotopic (exact) mass is 482 g/mol. The van der Waals surface area contributed by atoms with Crippen LogP contribution < -0.4 is 5.32 Å². The molecule has 0 aliphatic carbocycles. The Balaban J connectivity index is 1.42. The zero-order chi connectivity index (χ0) is 24.2. The van der Waals surface area contributed by atoms with Gasteiger partial charge in [0.1, 0.15) is 6.04 Å². The van der Waals surface area contributed by atoms with Gasteiger partial charge in [-0.05, 0) is 44.4 Å². The van der Waals surface area contributed by atoms with Gasteiger partial charge >= 0.3 is 5.97 Å². The second-order valence-electron chi connectivity index (χ2n) is 8.71. The van der Waals surface area contributed by atoms with Crippen LogP contribution in [-0.2, 0) is 20.7 Å². The van der Waals surface area contributed by atoms with E-state index in [0.717, 1.165) is 39.9 Å². The largest absolute Gasteiger partial charge is 0.461 e. The van der Waals surface area contributed by atoms with Crippen LogP contribution in [-0.4, -0.2) is 58.4 Å². The predicted octanol–water partition coefficient (Wildman–Crippen LogP) is 3.56. The van der Waals surface area contributed by atoms with Crippen LogP contribution in [0, 0.1) is 6.92 Å². The molecule has 3 heterocycles. The van der Waals surface area contributed by atoms with Crippen LogP contribution in [0.3, 0.4) is 0 Å². The summed E-state index contributed by atoms with van der Waals surface area (Å²) in [5, 5.41) is 6.57. The van der Waals surface area contributed by atoms with Crippen molar-refractivity contribution in [1.29, 1.82) is 0 Å². The van der Waals surface area contributed by atoms with E-state index in [1.807, 2.05) is 30.2 Å². The van der Waals surface area contributed by atoms with E-state index in [-0.39, 0.29) is 17.7 Å². The normalized spacial score (nSPS) is 15.3. The number of amides is 2. The summed E-state index contributed by atoms with van der Waals surface area (Å²) in [6.07, 6.45) is 3.88. The maximum absolute atomic E-state index is 13.4. The van der Waals surface area contributed by atoms with Gasteiger partial charge in [0.15, 0.2) is 5.69 Å². The number of likely N-dealkylation sites (tertiary alicyclic amines) is 1.